The lowest BCUT2D eigenvalue weighted by Gasteiger charge is -2.03. The van der Waals surface area contributed by atoms with Crippen molar-refractivity contribution in [2.24, 2.45) is 0 Å². The van der Waals surface area contributed by atoms with Crippen molar-refractivity contribution in [3.8, 4) is 0 Å². The molecule has 3 nitrogen and oxygen atoms in total. The van der Waals surface area contributed by atoms with Crippen LogP contribution in [0.4, 0.5) is 0 Å². The Labute approximate surface area is 84.2 Å². The maximum atomic E-state index is 9.40. The van der Waals surface area contributed by atoms with Crippen LogP contribution in [-0.2, 0) is 0 Å². The molecule has 0 spiro atoms. The molecule has 4 heteroatoms. The summed E-state index contributed by atoms with van der Waals surface area (Å²) in [6.07, 6.45) is 3.08. The van der Waals surface area contributed by atoms with E-state index in [4.69, 9.17) is 0 Å². The van der Waals surface area contributed by atoms with E-state index in [-0.39, 0.29) is 0 Å². The zero-order chi connectivity index (χ0) is 9.42. The van der Waals surface area contributed by atoms with Gasteiger partial charge in [-0.05, 0) is 35.0 Å². The molecule has 0 radical (unpaired) electrons. The van der Waals surface area contributed by atoms with Crippen LogP contribution in [-0.4, -0.2) is 14.5 Å². The van der Waals surface area contributed by atoms with E-state index < -0.39 is 6.10 Å². The van der Waals surface area contributed by atoms with Crippen molar-refractivity contribution >= 4 is 21.4 Å². The Kier molecular flexibility index (Phi) is 2.09. The smallest absolute Gasteiger partial charge is 0.141 e. The first-order chi connectivity index (χ1) is 6.20. The molecule has 0 saturated heterocycles. The van der Waals surface area contributed by atoms with Crippen molar-refractivity contribution in [3.05, 3.63) is 34.8 Å². The molecular formula is C9H9BrN2O. The number of imidazole rings is 1. The summed E-state index contributed by atoms with van der Waals surface area (Å²) in [5, 5.41) is 9.40. The van der Waals surface area contributed by atoms with Crippen LogP contribution < -0.4 is 0 Å². The summed E-state index contributed by atoms with van der Waals surface area (Å²) in [5.41, 5.74) is 0.971. The summed E-state index contributed by atoms with van der Waals surface area (Å²) in [4.78, 5) is 4.14. The van der Waals surface area contributed by atoms with Crippen molar-refractivity contribution in [1.82, 2.24) is 9.38 Å². The van der Waals surface area contributed by atoms with E-state index in [2.05, 4.69) is 20.9 Å². The van der Waals surface area contributed by atoms with E-state index in [1.165, 1.54) is 0 Å². The van der Waals surface area contributed by atoms with Gasteiger partial charge in [0, 0.05) is 10.7 Å². The third-order valence-electron chi connectivity index (χ3n) is 1.92. The second kappa shape index (κ2) is 3.12. The van der Waals surface area contributed by atoms with Crippen LogP contribution in [0.15, 0.2) is 29.0 Å². The highest BCUT2D eigenvalue weighted by Crippen LogP contribution is 2.20. The summed E-state index contributed by atoms with van der Waals surface area (Å²) in [6, 6.07) is 3.85. The summed E-state index contributed by atoms with van der Waals surface area (Å²) in [5.74, 6) is 0.663. The molecule has 0 saturated carbocycles. The molecule has 13 heavy (non-hydrogen) atoms. The molecule has 0 amide bonds. The second-order valence-electron chi connectivity index (χ2n) is 2.90. The molecule has 0 aliphatic rings. The van der Waals surface area contributed by atoms with E-state index in [0.717, 1.165) is 9.99 Å². The molecular weight excluding hydrogens is 232 g/mol. The number of nitrogens with zero attached hydrogens (tertiary/aromatic N) is 2. The Morgan fingerprint density at radius 1 is 1.62 bits per heavy atom. The monoisotopic (exact) mass is 240 g/mol. The highest BCUT2D eigenvalue weighted by atomic mass is 79.9. The minimum absolute atomic E-state index is 0.545. The summed E-state index contributed by atoms with van der Waals surface area (Å²) < 4.78 is 2.85. The van der Waals surface area contributed by atoms with E-state index >= 15 is 0 Å². The maximum absolute atomic E-state index is 9.40. The first kappa shape index (κ1) is 8.72. The standard InChI is InChI=1S/C9H9BrN2O/c1-6(13)9-11-5-8-7(10)3-2-4-12(8)9/h2-6,13H,1H3. The predicted octanol–water partition coefficient (Wildman–Crippen LogP) is 2.15. The van der Waals surface area contributed by atoms with Crippen molar-refractivity contribution in [3.63, 3.8) is 0 Å². The molecule has 0 aliphatic heterocycles. The minimum Gasteiger partial charge on any atom is -0.385 e. The van der Waals surface area contributed by atoms with Gasteiger partial charge in [0.2, 0.25) is 0 Å². The van der Waals surface area contributed by atoms with Gasteiger partial charge in [0.15, 0.2) is 0 Å². The van der Waals surface area contributed by atoms with Gasteiger partial charge in [-0.15, -0.1) is 0 Å². The lowest BCUT2D eigenvalue weighted by atomic mass is 10.4. The SMILES string of the molecule is CC(O)c1ncc2c(Br)cccn12. The average Bonchev–Trinajstić information content (AvgIpc) is 2.48. The first-order valence-electron chi connectivity index (χ1n) is 3.99. The Hall–Kier alpha value is -0.870. The molecule has 2 heterocycles. The third kappa shape index (κ3) is 1.36. The van der Waals surface area contributed by atoms with Crippen molar-refractivity contribution < 1.29 is 5.11 Å². The first-order valence-corrected chi connectivity index (χ1v) is 4.79. The fraction of sp³-hybridized carbons (Fsp3) is 0.222. The number of aliphatic hydroxyl groups is 1. The van der Waals surface area contributed by atoms with Gasteiger partial charge in [-0.25, -0.2) is 4.98 Å². The maximum Gasteiger partial charge on any atom is 0.141 e. The zero-order valence-electron chi connectivity index (χ0n) is 7.11. The van der Waals surface area contributed by atoms with Crippen molar-refractivity contribution in [2.45, 2.75) is 13.0 Å². The van der Waals surface area contributed by atoms with E-state index in [1.54, 1.807) is 13.1 Å². The van der Waals surface area contributed by atoms with Gasteiger partial charge in [-0.2, -0.15) is 0 Å². The number of pyridine rings is 1. The Morgan fingerprint density at radius 2 is 2.38 bits per heavy atom. The minimum atomic E-state index is -0.545. The van der Waals surface area contributed by atoms with E-state index in [1.807, 2.05) is 22.7 Å². The summed E-state index contributed by atoms with van der Waals surface area (Å²) in [6.45, 7) is 1.70. The Balaban J connectivity index is 2.75. The predicted molar refractivity (Wildman–Crippen MR) is 53.5 cm³/mol. The van der Waals surface area contributed by atoms with Gasteiger partial charge < -0.3 is 9.51 Å². The lowest BCUT2D eigenvalue weighted by Crippen LogP contribution is -1.98. The second-order valence-corrected chi connectivity index (χ2v) is 3.76. The average molecular weight is 241 g/mol. The number of rotatable bonds is 1. The fourth-order valence-corrected chi connectivity index (χ4v) is 1.76. The van der Waals surface area contributed by atoms with Crippen LogP contribution in [0.25, 0.3) is 5.52 Å². The normalized spacial score (nSPS) is 13.5. The summed E-state index contributed by atoms with van der Waals surface area (Å²) >= 11 is 3.42. The number of aromatic nitrogens is 2. The third-order valence-corrected chi connectivity index (χ3v) is 2.59. The van der Waals surface area contributed by atoms with Crippen LogP contribution in [0.1, 0.15) is 18.9 Å². The van der Waals surface area contributed by atoms with Crippen LogP contribution in [0.2, 0.25) is 0 Å². The molecule has 0 bridgehead atoms. The molecule has 0 aromatic carbocycles. The topological polar surface area (TPSA) is 37.5 Å². The zero-order valence-corrected chi connectivity index (χ0v) is 8.69. The van der Waals surface area contributed by atoms with Gasteiger partial charge in [0.25, 0.3) is 0 Å². The number of fused-ring (bicyclic) bond motifs is 1. The molecule has 2 rings (SSSR count). The van der Waals surface area contributed by atoms with Crippen LogP contribution >= 0.6 is 15.9 Å². The van der Waals surface area contributed by atoms with Crippen molar-refractivity contribution in [1.29, 1.82) is 0 Å². The van der Waals surface area contributed by atoms with Gasteiger partial charge in [0.05, 0.1) is 11.7 Å². The molecule has 1 atom stereocenters. The highest BCUT2D eigenvalue weighted by Gasteiger charge is 2.09. The quantitative estimate of drug-likeness (QED) is 0.830. The van der Waals surface area contributed by atoms with Gasteiger partial charge in [0.1, 0.15) is 11.9 Å². The van der Waals surface area contributed by atoms with E-state index in [9.17, 15) is 5.11 Å². The van der Waals surface area contributed by atoms with Gasteiger partial charge in [-0.3, -0.25) is 0 Å². The lowest BCUT2D eigenvalue weighted by molar-refractivity contribution is 0.188. The number of hydrogen-bond donors (Lipinski definition) is 1. The number of halogens is 1. The molecule has 0 aliphatic carbocycles. The molecule has 1 unspecified atom stereocenters. The van der Waals surface area contributed by atoms with E-state index in [0.29, 0.717) is 5.82 Å². The molecule has 0 fully saturated rings. The highest BCUT2D eigenvalue weighted by molar-refractivity contribution is 9.10. The fourth-order valence-electron chi connectivity index (χ4n) is 1.32. The van der Waals surface area contributed by atoms with Gasteiger partial charge >= 0.3 is 0 Å². The molecule has 1 N–H and O–H groups in total. The van der Waals surface area contributed by atoms with Crippen LogP contribution in [0, 0.1) is 0 Å². The van der Waals surface area contributed by atoms with Gasteiger partial charge in [-0.1, -0.05) is 0 Å². The largest absolute Gasteiger partial charge is 0.385 e. The number of hydrogen-bond acceptors (Lipinski definition) is 2. The van der Waals surface area contributed by atoms with Crippen LogP contribution in [0.3, 0.4) is 0 Å². The number of aliphatic hydroxyl groups excluding tert-OH is 1. The Morgan fingerprint density at radius 3 is 3.08 bits per heavy atom. The van der Waals surface area contributed by atoms with Crippen molar-refractivity contribution in [2.75, 3.05) is 0 Å². The Bertz CT molecular complexity index is 436. The molecule has 2 aromatic heterocycles. The van der Waals surface area contributed by atoms with Crippen LogP contribution in [0.5, 0.6) is 0 Å². The molecule has 2 aromatic rings. The summed E-state index contributed by atoms with van der Waals surface area (Å²) in [7, 11) is 0. The molecule has 68 valence electrons.